The van der Waals surface area contributed by atoms with Gasteiger partial charge in [-0.05, 0) is 18.6 Å². The Labute approximate surface area is 145 Å². The third-order valence-electron chi connectivity index (χ3n) is 3.66. The van der Waals surface area contributed by atoms with Crippen molar-refractivity contribution in [3.05, 3.63) is 53.2 Å². The fourth-order valence-electron chi connectivity index (χ4n) is 2.24. The predicted molar refractivity (Wildman–Crippen MR) is 93.4 cm³/mol. The number of hydrogen-bond acceptors (Lipinski definition) is 7. The summed E-state index contributed by atoms with van der Waals surface area (Å²) in [5.74, 6) is 0.158. The lowest BCUT2D eigenvalue weighted by molar-refractivity contribution is 0.0179. The van der Waals surface area contributed by atoms with Crippen LogP contribution in [0.15, 0.2) is 36.4 Å². The van der Waals surface area contributed by atoms with Crippen LogP contribution in [-0.4, -0.2) is 33.9 Å². The number of amides is 1. The molecule has 0 aliphatic heterocycles. The van der Waals surface area contributed by atoms with Crippen molar-refractivity contribution in [2.75, 3.05) is 18.0 Å². The van der Waals surface area contributed by atoms with Gasteiger partial charge in [0, 0.05) is 17.8 Å². The fourth-order valence-corrected chi connectivity index (χ4v) is 2.24. The highest BCUT2D eigenvalue weighted by atomic mass is 16.5. The number of nitrogens with one attached hydrogen (secondary N) is 1. The molecule has 0 saturated heterocycles. The van der Waals surface area contributed by atoms with Gasteiger partial charge in [-0.2, -0.15) is 0 Å². The summed E-state index contributed by atoms with van der Waals surface area (Å²) in [4.78, 5) is 15.7. The van der Waals surface area contributed by atoms with Crippen LogP contribution >= 0.6 is 0 Å². The molecule has 2 rings (SSSR count). The number of aliphatic hydroxyl groups is 2. The van der Waals surface area contributed by atoms with Crippen molar-refractivity contribution in [3.63, 3.8) is 0 Å². The largest absolute Gasteiger partial charge is 0.445 e. The fraction of sp³-hybridized carbons (Fsp3) is 0.294. The highest BCUT2D eigenvalue weighted by molar-refractivity contribution is 5.67. The quantitative estimate of drug-likeness (QED) is 0.522. The van der Waals surface area contributed by atoms with Crippen LogP contribution in [0.5, 0.6) is 0 Å². The van der Waals surface area contributed by atoms with E-state index in [-0.39, 0.29) is 24.7 Å². The van der Waals surface area contributed by atoms with Crippen LogP contribution in [0.1, 0.15) is 22.9 Å². The number of nitrogen functional groups attached to an aromatic ring is 2. The summed E-state index contributed by atoms with van der Waals surface area (Å²) < 4.78 is 5.03. The average molecular weight is 346 g/mol. The first kappa shape index (κ1) is 18.5. The molecule has 7 N–H and O–H groups in total. The second kappa shape index (κ2) is 8.32. The molecule has 25 heavy (non-hydrogen) atoms. The van der Waals surface area contributed by atoms with Crippen molar-refractivity contribution in [2.45, 2.75) is 25.7 Å². The number of carbonyl (C=O) groups is 1. The lowest BCUT2D eigenvalue weighted by atomic mass is 10.0. The average Bonchev–Trinajstić information content (AvgIpc) is 2.61. The van der Waals surface area contributed by atoms with E-state index in [1.54, 1.807) is 6.92 Å². The Bertz CT molecular complexity index is 724. The molecule has 8 nitrogen and oxygen atoms in total. The zero-order chi connectivity index (χ0) is 18.4. The van der Waals surface area contributed by atoms with Gasteiger partial charge in [0.1, 0.15) is 24.6 Å². The zero-order valence-corrected chi connectivity index (χ0v) is 13.8. The van der Waals surface area contributed by atoms with Crippen LogP contribution in [0.3, 0.4) is 0 Å². The van der Waals surface area contributed by atoms with Gasteiger partial charge in [0.25, 0.3) is 0 Å². The van der Waals surface area contributed by atoms with Crippen LogP contribution in [0.25, 0.3) is 0 Å². The number of anilines is 2. The molecule has 0 radical (unpaired) electrons. The van der Waals surface area contributed by atoms with E-state index in [0.29, 0.717) is 11.3 Å². The van der Waals surface area contributed by atoms with Crippen molar-refractivity contribution in [1.82, 2.24) is 10.3 Å². The van der Waals surface area contributed by atoms with E-state index in [0.717, 1.165) is 5.56 Å². The van der Waals surface area contributed by atoms with E-state index in [4.69, 9.17) is 16.2 Å². The molecule has 0 aliphatic rings. The number of ether oxygens (including phenoxy) is 1. The summed E-state index contributed by atoms with van der Waals surface area (Å²) in [5.41, 5.74) is 13.1. The van der Waals surface area contributed by atoms with Gasteiger partial charge in [-0.3, -0.25) is 0 Å². The molecule has 0 spiro atoms. The normalized spacial score (nSPS) is 13.1. The molecule has 8 heteroatoms. The van der Waals surface area contributed by atoms with Gasteiger partial charge in [-0.1, -0.05) is 30.3 Å². The summed E-state index contributed by atoms with van der Waals surface area (Å²) in [6.07, 6.45) is -3.22. The van der Waals surface area contributed by atoms with Gasteiger partial charge >= 0.3 is 6.09 Å². The molecule has 1 aromatic heterocycles. The minimum atomic E-state index is -1.27. The SMILES string of the molecule is Cc1nc(N)c(N)cc1C(O)C(O)CNC(=O)OCc1ccccc1. The maximum absolute atomic E-state index is 11.7. The Kier molecular flexibility index (Phi) is 6.15. The molecular formula is C17H22N4O4. The van der Waals surface area contributed by atoms with E-state index in [9.17, 15) is 15.0 Å². The van der Waals surface area contributed by atoms with Gasteiger partial charge in [-0.25, -0.2) is 9.78 Å². The first-order valence-corrected chi connectivity index (χ1v) is 7.71. The van der Waals surface area contributed by atoms with Crippen molar-refractivity contribution < 1.29 is 19.7 Å². The second-order valence-corrected chi connectivity index (χ2v) is 5.59. The van der Waals surface area contributed by atoms with E-state index >= 15 is 0 Å². The number of benzene rings is 1. The van der Waals surface area contributed by atoms with Gasteiger partial charge in [0.15, 0.2) is 0 Å². The zero-order valence-electron chi connectivity index (χ0n) is 13.8. The standard InChI is InChI=1S/C17H22N4O4/c1-10-12(7-13(18)16(19)21-10)15(23)14(22)8-20-17(24)25-9-11-5-3-2-4-6-11/h2-7,14-15,22-23H,8-9,18H2,1H3,(H2,19,21)(H,20,24). The van der Waals surface area contributed by atoms with Gasteiger partial charge in [0.2, 0.25) is 0 Å². The monoisotopic (exact) mass is 346 g/mol. The summed E-state index contributed by atoms with van der Waals surface area (Å²) in [7, 11) is 0. The molecule has 0 bridgehead atoms. The van der Waals surface area contributed by atoms with Crippen LogP contribution < -0.4 is 16.8 Å². The van der Waals surface area contributed by atoms with Crippen molar-refractivity contribution in [3.8, 4) is 0 Å². The Morgan fingerprint density at radius 3 is 2.64 bits per heavy atom. The summed E-state index contributed by atoms with van der Waals surface area (Å²) in [5, 5.41) is 22.7. The number of aliphatic hydroxyl groups excluding tert-OH is 2. The molecule has 2 aromatic rings. The molecular weight excluding hydrogens is 324 g/mol. The highest BCUT2D eigenvalue weighted by Gasteiger charge is 2.22. The summed E-state index contributed by atoms with van der Waals surface area (Å²) in [6.45, 7) is 1.56. The smallest absolute Gasteiger partial charge is 0.407 e. The Hall–Kier alpha value is -2.84. The lowest BCUT2D eigenvalue weighted by Gasteiger charge is -2.20. The van der Waals surface area contributed by atoms with Crippen molar-refractivity contribution >= 4 is 17.6 Å². The number of alkyl carbamates (subject to hydrolysis) is 1. The second-order valence-electron chi connectivity index (χ2n) is 5.59. The van der Waals surface area contributed by atoms with Gasteiger partial charge in [-0.15, -0.1) is 0 Å². The minimum absolute atomic E-state index is 0.114. The lowest BCUT2D eigenvalue weighted by Crippen LogP contribution is -2.36. The molecule has 2 unspecified atom stereocenters. The predicted octanol–water partition coefficient (Wildman–Crippen LogP) is 0.875. The Morgan fingerprint density at radius 2 is 1.96 bits per heavy atom. The van der Waals surface area contributed by atoms with Crippen LogP contribution in [0.4, 0.5) is 16.3 Å². The molecule has 1 amide bonds. The topological polar surface area (TPSA) is 144 Å². The first-order chi connectivity index (χ1) is 11.9. The number of aromatic nitrogens is 1. The molecule has 2 atom stereocenters. The molecule has 0 fully saturated rings. The van der Waals surface area contributed by atoms with E-state index in [1.165, 1.54) is 6.07 Å². The number of rotatable bonds is 6. The number of hydrogen-bond donors (Lipinski definition) is 5. The van der Waals surface area contributed by atoms with Gasteiger partial charge in [0.05, 0.1) is 5.69 Å². The number of pyridine rings is 1. The minimum Gasteiger partial charge on any atom is -0.445 e. The third-order valence-corrected chi connectivity index (χ3v) is 3.66. The number of nitrogens with two attached hydrogens (primary N) is 2. The van der Waals surface area contributed by atoms with Crippen LogP contribution in [-0.2, 0) is 11.3 Å². The Morgan fingerprint density at radius 1 is 1.28 bits per heavy atom. The Balaban J connectivity index is 1.86. The number of carbonyl (C=O) groups excluding carboxylic acids is 1. The highest BCUT2D eigenvalue weighted by Crippen LogP contribution is 2.24. The van der Waals surface area contributed by atoms with Crippen LogP contribution in [0.2, 0.25) is 0 Å². The molecule has 1 aromatic carbocycles. The number of nitrogens with zero attached hydrogens (tertiary/aromatic N) is 1. The molecule has 1 heterocycles. The number of aryl methyl sites for hydroxylation is 1. The van der Waals surface area contributed by atoms with Gasteiger partial charge < -0.3 is 31.7 Å². The molecule has 134 valence electrons. The third kappa shape index (κ3) is 5.07. The van der Waals surface area contributed by atoms with Crippen molar-refractivity contribution in [1.29, 1.82) is 0 Å². The van der Waals surface area contributed by atoms with Crippen molar-refractivity contribution in [2.24, 2.45) is 0 Å². The molecule has 0 saturated carbocycles. The van der Waals surface area contributed by atoms with Crippen LogP contribution in [0, 0.1) is 6.92 Å². The summed E-state index contributed by atoms with van der Waals surface area (Å²) in [6, 6.07) is 10.7. The first-order valence-electron chi connectivity index (χ1n) is 7.71. The molecule has 0 aliphatic carbocycles. The van der Waals surface area contributed by atoms with E-state index < -0.39 is 18.3 Å². The maximum Gasteiger partial charge on any atom is 0.407 e. The van der Waals surface area contributed by atoms with E-state index in [1.807, 2.05) is 30.3 Å². The maximum atomic E-state index is 11.7. The summed E-state index contributed by atoms with van der Waals surface area (Å²) >= 11 is 0. The van der Waals surface area contributed by atoms with E-state index in [2.05, 4.69) is 10.3 Å².